The van der Waals surface area contributed by atoms with Crippen LogP contribution in [-0.4, -0.2) is 22.2 Å². The summed E-state index contributed by atoms with van der Waals surface area (Å²) in [6.45, 7) is 0. The Labute approximate surface area is 72.0 Å². The van der Waals surface area contributed by atoms with Gasteiger partial charge in [-0.05, 0) is 0 Å². The van der Waals surface area contributed by atoms with E-state index in [4.69, 9.17) is 10.2 Å². The molecule has 0 aliphatic heterocycles. The molecule has 0 spiro atoms. The van der Waals surface area contributed by atoms with E-state index in [0.717, 1.165) is 6.07 Å². The van der Waals surface area contributed by atoms with Gasteiger partial charge in [0.05, 0.1) is 4.90 Å². The molecule has 0 saturated heterocycles. The Hall–Kier alpha value is -1.43. The predicted molar refractivity (Wildman–Crippen MR) is 39.9 cm³/mol. The molecule has 0 radical (unpaired) electrons. The highest BCUT2D eigenvalue weighted by molar-refractivity contribution is 7.80. The van der Waals surface area contributed by atoms with Crippen molar-refractivity contribution in [3.8, 4) is 0 Å². The van der Waals surface area contributed by atoms with E-state index in [1.165, 1.54) is 0 Å². The van der Waals surface area contributed by atoms with Gasteiger partial charge in [0.1, 0.15) is 0 Å². The summed E-state index contributed by atoms with van der Waals surface area (Å²) in [5.74, 6) is -3.56. The molecule has 1 aromatic heterocycles. The highest BCUT2D eigenvalue weighted by Crippen LogP contribution is 2.18. The summed E-state index contributed by atoms with van der Waals surface area (Å²) < 4.78 is 4.46. The monoisotopic (exact) mass is 188 g/mol. The molecular weight excluding hydrogens is 184 g/mol. The van der Waals surface area contributed by atoms with E-state index in [1.54, 1.807) is 0 Å². The second-order valence-corrected chi connectivity index (χ2v) is 2.42. The van der Waals surface area contributed by atoms with Gasteiger partial charge in [0.25, 0.3) is 0 Å². The first-order chi connectivity index (χ1) is 5.52. The molecule has 0 unspecified atom stereocenters. The van der Waals surface area contributed by atoms with Crippen molar-refractivity contribution in [1.29, 1.82) is 0 Å². The smallest absolute Gasteiger partial charge is 0.373 e. The van der Waals surface area contributed by atoms with Crippen LogP contribution in [0.4, 0.5) is 0 Å². The van der Waals surface area contributed by atoms with Gasteiger partial charge < -0.3 is 14.6 Å². The zero-order valence-corrected chi connectivity index (χ0v) is 6.54. The maximum Gasteiger partial charge on any atom is 0.373 e. The summed E-state index contributed by atoms with van der Waals surface area (Å²) in [6.07, 6.45) is 0. The average Bonchev–Trinajstić information content (AvgIpc) is 2.30. The van der Waals surface area contributed by atoms with Crippen molar-refractivity contribution in [2.45, 2.75) is 4.90 Å². The fraction of sp³-hybridized carbons (Fsp3) is 0. The molecule has 0 amide bonds. The molecule has 0 aliphatic carbocycles. The molecule has 64 valence electrons. The Morgan fingerprint density at radius 3 is 2.17 bits per heavy atom. The SMILES string of the molecule is O=C(O)c1cc(S)c(C(=O)O)o1. The maximum absolute atomic E-state index is 10.3. The lowest BCUT2D eigenvalue weighted by Gasteiger charge is -1.86. The second kappa shape index (κ2) is 2.90. The molecule has 0 aromatic carbocycles. The third kappa shape index (κ3) is 1.42. The van der Waals surface area contributed by atoms with Crippen molar-refractivity contribution in [3.05, 3.63) is 17.6 Å². The van der Waals surface area contributed by atoms with Crippen LogP contribution >= 0.6 is 12.6 Å². The minimum atomic E-state index is -1.34. The summed E-state index contributed by atoms with van der Waals surface area (Å²) in [5, 5.41) is 16.8. The number of carbonyl (C=O) groups is 2. The van der Waals surface area contributed by atoms with Gasteiger partial charge in [-0.25, -0.2) is 9.59 Å². The average molecular weight is 188 g/mol. The summed E-state index contributed by atoms with van der Waals surface area (Å²) in [4.78, 5) is 20.6. The standard InChI is InChI=1S/C6H4O5S/c7-5(8)2-1-3(12)4(11-2)6(9)10/h1,12H,(H,7,8)(H,9,10). The van der Waals surface area contributed by atoms with Crippen molar-refractivity contribution in [2.24, 2.45) is 0 Å². The van der Waals surface area contributed by atoms with E-state index in [0.29, 0.717) is 0 Å². The molecule has 0 saturated carbocycles. The van der Waals surface area contributed by atoms with Crippen molar-refractivity contribution >= 4 is 24.6 Å². The molecule has 0 fully saturated rings. The number of rotatable bonds is 2. The quantitative estimate of drug-likeness (QED) is 0.602. The molecule has 1 aromatic rings. The van der Waals surface area contributed by atoms with Crippen LogP contribution in [0, 0.1) is 0 Å². The van der Waals surface area contributed by atoms with Gasteiger partial charge >= 0.3 is 11.9 Å². The Kier molecular flexibility index (Phi) is 2.09. The number of furan rings is 1. The molecule has 1 rings (SSSR count). The van der Waals surface area contributed by atoms with Gasteiger partial charge in [-0.15, -0.1) is 12.6 Å². The number of hydrogen-bond donors (Lipinski definition) is 3. The maximum atomic E-state index is 10.3. The molecule has 2 N–H and O–H groups in total. The molecule has 1 heterocycles. The summed E-state index contributed by atoms with van der Waals surface area (Å²) in [6, 6.07) is 1.04. The summed E-state index contributed by atoms with van der Waals surface area (Å²) in [7, 11) is 0. The molecular formula is C6H4O5S. The largest absolute Gasteiger partial charge is 0.475 e. The third-order valence-electron chi connectivity index (χ3n) is 1.12. The van der Waals surface area contributed by atoms with Crippen molar-refractivity contribution < 1.29 is 24.2 Å². The van der Waals surface area contributed by atoms with Crippen LogP contribution in [0.25, 0.3) is 0 Å². The Balaban J connectivity index is 3.17. The highest BCUT2D eigenvalue weighted by Gasteiger charge is 2.18. The van der Waals surface area contributed by atoms with E-state index in [9.17, 15) is 9.59 Å². The Morgan fingerprint density at radius 2 is 1.92 bits per heavy atom. The molecule has 0 bridgehead atoms. The van der Waals surface area contributed by atoms with Crippen LogP contribution in [0.15, 0.2) is 15.4 Å². The number of hydrogen-bond acceptors (Lipinski definition) is 4. The molecule has 5 nitrogen and oxygen atoms in total. The number of carboxylic acid groups (broad SMARTS) is 2. The predicted octanol–water partition coefficient (Wildman–Crippen LogP) is 0.965. The van der Waals surface area contributed by atoms with Crippen molar-refractivity contribution in [3.63, 3.8) is 0 Å². The number of aromatic carboxylic acids is 2. The zero-order valence-electron chi connectivity index (χ0n) is 5.64. The minimum absolute atomic E-state index is 0.0000926. The normalized spacial score (nSPS) is 9.75. The fourth-order valence-corrected chi connectivity index (χ4v) is 0.899. The molecule has 6 heteroatoms. The van der Waals surface area contributed by atoms with Crippen LogP contribution < -0.4 is 0 Å². The van der Waals surface area contributed by atoms with Crippen molar-refractivity contribution in [2.75, 3.05) is 0 Å². The zero-order chi connectivity index (χ0) is 9.30. The minimum Gasteiger partial charge on any atom is -0.475 e. The Bertz CT molecular complexity index is 340. The lowest BCUT2D eigenvalue weighted by molar-refractivity contribution is 0.0629. The van der Waals surface area contributed by atoms with E-state index >= 15 is 0 Å². The van der Waals surface area contributed by atoms with Gasteiger partial charge in [0, 0.05) is 6.07 Å². The van der Waals surface area contributed by atoms with Crippen LogP contribution in [0.2, 0.25) is 0 Å². The van der Waals surface area contributed by atoms with Crippen LogP contribution in [-0.2, 0) is 0 Å². The van der Waals surface area contributed by atoms with E-state index in [2.05, 4.69) is 17.0 Å². The summed E-state index contributed by atoms with van der Waals surface area (Å²) in [5.41, 5.74) is 0. The second-order valence-electron chi connectivity index (χ2n) is 1.94. The first kappa shape index (κ1) is 8.66. The van der Waals surface area contributed by atoms with Gasteiger partial charge in [-0.1, -0.05) is 0 Å². The van der Waals surface area contributed by atoms with Gasteiger partial charge in [-0.2, -0.15) is 0 Å². The van der Waals surface area contributed by atoms with Gasteiger partial charge in [-0.3, -0.25) is 0 Å². The van der Waals surface area contributed by atoms with Gasteiger partial charge in [0.2, 0.25) is 11.5 Å². The number of carboxylic acids is 2. The Morgan fingerprint density at radius 1 is 1.33 bits per heavy atom. The molecule has 12 heavy (non-hydrogen) atoms. The van der Waals surface area contributed by atoms with E-state index < -0.39 is 23.5 Å². The molecule has 0 atom stereocenters. The van der Waals surface area contributed by atoms with E-state index in [-0.39, 0.29) is 4.90 Å². The van der Waals surface area contributed by atoms with Crippen LogP contribution in [0.3, 0.4) is 0 Å². The topological polar surface area (TPSA) is 87.7 Å². The molecule has 0 aliphatic rings. The fourth-order valence-electron chi connectivity index (χ4n) is 0.640. The lowest BCUT2D eigenvalue weighted by atomic mass is 10.4. The third-order valence-corrected chi connectivity index (χ3v) is 1.45. The first-order valence-electron chi connectivity index (χ1n) is 2.81. The lowest BCUT2D eigenvalue weighted by Crippen LogP contribution is -1.95. The summed E-state index contributed by atoms with van der Waals surface area (Å²) >= 11 is 3.71. The van der Waals surface area contributed by atoms with Crippen LogP contribution in [0.5, 0.6) is 0 Å². The highest BCUT2D eigenvalue weighted by atomic mass is 32.1. The van der Waals surface area contributed by atoms with Crippen LogP contribution in [0.1, 0.15) is 21.1 Å². The van der Waals surface area contributed by atoms with Crippen molar-refractivity contribution in [1.82, 2.24) is 0 Å². The first-order valence-corrected chi connectivity index (χ1v) is 3.26. The number of thiol groups is 1. The van der Waals surface area contributed by atoms with E-state index in [1.807, 2.05) is 0 Å². The van der Waals surface area contributed by atoms with Gasteiger partial charge in [0.15, 0.2) is 0 Å².